The number of nitrogens with zero attached hydrogens (tertiary/aromatic N) is 5. The summed E-state index contributed by atoms with van der Waals surface area (Å²) in [7, 11) is 0. The Kier molecular flexibility index (Phi) is 6.61. The van der Waals surface area contributed by atoms with Gasteiger partial charge < -0.3 is 31.4 Å². The number of rotatable bonds is 6. The lowest BCUT2D eigenvalue weighted by atomic mass is 10.0. The first-order chi connectivity index (χ1) is 17.7. The number of oxime groups is 1. The first-order valence-electron chi connectivity index (χ1n) is 11.2. The largest absolute Gasteiger partial charge is 0.477 e. The molecule has 17 heteroatoms. The van der Waals surface area contributed by atoms with Crippen molar-refractivity contribution in [3.05, 3.63) is 28.7 Å². The third-order valence-electron chi connectivity index (χ3n) is 6.52. The number of aliphatic carboxylic acids is 1. The molecule has 15 nitrogen and oxygen atoms in total. The van der Waals surface area contributed by atoms with Crippen LogP contribution in [0.4, 0.5) is 5.13 Å². The van der Waals surface area contributed by atoms with Crippen LogP contribution in [0.5, 0.6) is 0 Å². The number of thioether (sulfide) groups is 1. The number of carboxylic acids is 1. The average molecular weight is 551 g/mol. The van der Waals surface area contributed by atoms with Crippen LogP contribution in [0.25, 0.3) is 0 Å². The van der Waals surface area contributed by atoms with Gasteiger partial charge in [-0.3, -0.25) is 24.6 Å². The van der Waals surface area contributed by atoms with Crippen LogP contribution in [-0.4, -0.2) is 107 Å². The molecule has 5 heterocycles. The molecule has 1 aromatic rings. The van der Waals surface area contributed by atoms with Gasteiger partial charge in [0, 0.05) is 29.4 Å². The SMILES string of the molecule is Nc1nc(/C(=N/O)C(=O)N[C@@H]2C(=O)N3C(C(=O)O)=C(/C=C4\CCN([C@@H]5CCNC5O)C4=O)CS[C@H]23)ns1. The fourth-order valence-corrected chi connectivity index (χ4v) is 6.52. The van der Waals surface area contributed by atoms with Crippen molar-refractivity contribution in [2.45, 2.75) is 36.5 Å². The molecule has 5 rings (SSSR count). The number of amides is 3. The Hall–Kier alpha value is -3.54. The fraction of sp³-hybridized carbons (Fsp3) is 0.450. The molecule has 1 unspecified atom stereocenters. The number of hydrogen-bond donors (Lipinski definition) is 6. The highest BCUT2D eigenvalue weighted by Crippen LogP contribution is 2.41. The second-order valence-corrected chi connectivity index (χ2v) is 10.5. The van der Waals surface area contributed by atoms with Crippen molar-refractivity contribution in [2.75, 3.05) is 24.6 Å². The van der Waals surface area contributed by atoms with Gasteiger partial charge in [0.2, 0.25) is 17.4 Å². The van der Waals surface area contributed by atoms with Gasteiger partial charge in [-0.1, -0.05) is 5.16 Å². The molecular formula is C20H22N8O7S2. The molecule has 4 aliphatic heterocycles. The van der Waals surface area contributed by atoms with E-state index in [-0.39, 0.29) is 34.4 Å². The first kappa shape index (κ1) is 25.1. The van der Waals surface area contributed by atoms with Gasteiger partial charge in [-0.25, -0.2) is 4.79 Å². The Morgan fingerprint density at radius 2 is 2.11 bits per heavy atom. The highest BCUT2D eigenvalue weighted by molar-refractivity contribution is 8.00. The summed E-state index contributed by atoms with van der Waals surface area (Å²) in [5.41, 5.74) is 5.42. The summed E-state index contributed by atoms with van der Waals surface area (Å²) in [6.07, 6.45) is 1.70. The number of nitrogens with two attached hydrogens (primary N) is 1. The number of carbonyl (C=O) groups is 4. The Labute approximate surface area is 217 Å². The van der Waals surface area contributed by atoms with Crippen LogP contribution in [-0.2, 0) is 19.2 Å². The summed E-state index contributed by atoms with van der Waals surface area (Å²) in [4.78, 5) is 57.1. The second-order valence-electron chi connectivity index (χ2n) is 8.62. The number of aliphatic hydroxyl groups excluding tert-OH is 1. The van der Waals surface area contributed by atoms with Crippen molar-refractivity contribution in [2.24, 2.45) is 5.16 Å². The number of β-lactam (4-membered cyclic amide) rings is 1. The Balaban J connectivity index is 1.33. The van der Waals surface area contributed by atoms with E-state index in [2.05, 4.69) is 25.1 Å². The van der Waals surface area contributed by atoms with Gasteiger partial charge in [-0.15, -0.1) is 11.8 Å². The lowest BCUT2D eigenvalue weighted by molar-refractivity contribution is -0.150. The number of allylic oxidation sites excluding steroid dienone is 1. The zero-order chi connectivity index (χ0) is 26.4. The third-order valence-corrected chi connectivity index (χ3v) is 8.36. The van der Waals surface area contributed by atoms with E-state index in [1.807, 2.05) is 0 Å². The Morgan fingerprint density at radius 1 is 1.32 bits per heavy atom. The van der Waals surface area contributed by atoms with Crippen LogP contribution in [0.1, 0.15) is 18.7 Å². The van der Waals surface area contributed by atoms with Crippen molar-refractivity contribution in [3.8, 4) is 0 Å². The van der Waals surface area contributed by atoms with Crippen molar-refractivity contribution in [1.82, 2.24) is 29.8 Å². The second kappa shape index (κ2) is 9.73. The summed E-state index contributed by atoms with van der Waals surface area (Å²) in [5, 5.41) is 36.8. The Bertz CT molecular complexity index is 1280. The minimum atomic E-state index is -1.34. The van der Waals surface area contributed by atoms with Gasteiger partial charge in [-0.2, -0.15) is 9.36 Å². The molecule has 0 radical (unpaired) electrons. The van der Waals surface area contributed by atoms with Crippen LogP contribution in [0.2, 0.25) is 0 Å². The van der Waals surface area contributed by atoms with Crippen molar-refractivity contribution >= 4 is 57.8 Å². The van der Waals surface area contributed by atoms with E-state index in [1.54, 1.807) is 4.90 Å². The summed E-state index contributed by atoms with van der Waals surface area (Å²) < 4.78 is 3.81. The number of aliphatic hydroxyl groups is 1. The van der Waals surface area contributed by atoms with Crippen LogP contribution in [0.15, 0.2) is 28.1 Å². The quantitative estimate of drug-likeness (QED) is 0.0735. The number of carboxylic acid groups (broad SMARTS) is 1. The molecule has 3 saturated heterocycles. The molecular weight excluding hydrogens is 528 g/mol. The molecule has 3 fully saturated rings. The Morgan fingerprint density at radius 3 is 2.73 bits per heavy atom. The number of nitrogen functional groups attached to an aromatic ring is 1. The number of carbonyl (C=O) groups excluding carboxylic acids is 3. The number of anilines is 1. The summed E-state index contributed by atoms with van der Waals surface area (Å²) in [6, 6.07) is -1.42. The number of nitrogens with one attached hydrogen (secondary N) is 2. The lowest BCUT2D eigenvalue weighted by Gasteiger charge is -2.49. The number of hydrogen-bond acceptors (Lipinski definition) is 13. The molecule has 7 N–H and O–H groups in total. The molecule has 4 aliphatic rings. The van der Waals surface area contributed by atoms with Crippen molar-refractivity contribution in [1.29, 1.82) is 0 Å². The third kappa shape index (κ3) is 4.32. The maximum atomic E-state index is 13.0. The summed E-state index contributed by atoms with van der Waals surface area (Å²) in [6.45, 7) is 1.00. The van der Waals surface area contributed by atoms with Crippen LogP contribution in [0, 0.1) is 0 Å². The van der Waals surface area contributed by atoms with Gasteiger partial charge in [0.15, 0.2) is 5.13 Å². The van der Waals surface area contributed by atoms with Crippen LogP contribution in [0.3, 0.4) is 0 Å². The predicted octanol–water partition coefficient (Wildman–Crippen LogP) is -2.12. The molecule has 0 spiro atoms. The monoisotopic (exact) mass is 550 g/mol. The normalized spacial score (nSPS) is 29.1. The van der Waals surface area contributed by atoms with Gasteiger partial charge >= 0.3 is 5.97 Å². The zero-order valence-corrected chi connectivity index (χ0v) is 20.7. The molecule has 37 heavy (non-hydrogen) atoms. The minimum absolute atomic E-state index is 0.0514. The van der Waals surface area contributed by atoms with Gasteiger partial charge in [-0.05, 0) is 31.0 Å². The van der Waals surface area contributed by atoms with Gasteiger partial charge in [0.1, 0.15) is 23.3 Å². The maximum Gasteiger partial charge on any atom is 0.352 e. The summed E-state index contributed by atoms with van der Waals surface area (Å²) in [5.74, 6) is -3.23. The first-order valence-corrected chi connectivity index (χ1v) is 13.0. The van der Waals surface area contributed by atoms with E-state index in [0.29, 0.717) is 37.1 Å². The van der Waals surface area contributed by atoms with E-state index in [4.69, 9.17) is 5.73 Å². The number of likely N-dealkylation sites (tertiary alicyclic amines) is 1. The van der Waals surface area contributed by atoms with Gasteiger partial charge in [0.25, 0.3) is 11.8 Å². The zero-order valence-electron chi connectivity index (χ0n) is 19.0. The highest BCUT2D eigenvalue weighted by Gasteiger charge is 2.54. The van der Waals surface area contributed by atoms with E-state index >= 15 is 0 Å². The average Bonchev–Trinajstić information content (AvgIpc) is 3.58. The summed E-state index contributed by atoms with van der Waals surface area (Å²) >= 11 is 2.02. The van der Waals surface area contributed by atoms with Crippen molar-refractivity contribution < 1.29 is 34.6 Å². The number of aromatic nitrogens is 2. The molecule has 0 bridgehead atoms. The highest BCUT2D eigenvalue weighted by atomic mass is 32.2. The van der Waals surface area contributed by atoms with E-state index in [0.717, 1.165) is 16.4 Å². The minimum Gasteiger partial charge on any atom is -0.477 e. The maximum absolute atomic E-state index is 13.0. The molecule has 0 aromatic carbocycles. The lowest BCUT2D eigenvalue weighted by Crippen LogP contribution is -2.71. The fourth-order valence-electron chi connectivity index (χ4n) is 4.78. The smallest absolute Gasteiger partial charge is 0.352 e. The van der Waals surface area contributed by atoms with E-state index in [9.17, 15) is 34.6 Å². The predicted molar refractivity (Wildman–Crippen MR) is 129 cm³/mol. The standard InChI is InChI=1S/C20H22N8O7S2/c21-20-24-13(26-37-20)10(25-35)15(30)23-11-17(32)28-12(19(33)34)8(6-36-18(11)28)5-7-2-4-27(16(7)31)9-1-3-22-14(9)29/h5,9,11,14,18,22,29,35H,1-4,6H2,(H,23,30)(H,33,34)(H2,21,24,26)/b7-5+,25-10-/t9-,11-,14?,18-/m1/s1. The van der Waals surface area contributed by atoms with Crippen LogP contribution >= 0.6 is 23.3 Å². The molecule has 196 valence electrons. The van der Waals surface area contributed by atoms with Crippen molar-refractivity contribution in [3.63, 3.8) is 0 Å². The molecule has 4 atom stereocenters. The van der Waals surface area contributed by atoms with Crippen LogP contribution < -0.4 is 16.4 Å². The van der Waals surface area contributed by atoms with E-state index < -0.39 is 41.1 Å². The molecule has 0 aliphatic carbocycles. The van der Waals surface area contributed by atoms with E-state index in [1.165, 1.54) is 17.8 Å². The molecule has 0 saturated carbocycles. The van der Waals surface area contributed by atoms with Gasteiger partial charge in [0.05, 0.1) is 6.04 Å². The topological polar surface area (TPSA) is 224 Å². The number of fused-ring (bicyclic) bond motifs is 1. The molecule has 3 amide bonds. The molecule has 1 aromatic heterocycles.